The first kappa shape index (κ1) is 11.8. The monoisotopic (exact) mass is 228 g/mol. The SMILES string of the molecule is COC1CCCC1NC(=O)C1(N)CCOC1. The second-order valence-electron chi connectivity index (χ2n) is 4.74. The molecule has 16 heavy (non-hydrogen) atoms. The lowest BCUT2D eigenvalue weighted by Crippen LogP contribution is -2.57. The number of methoxy groups -OCH3 is 1. The van der Waals surface area contributed by atoms with Crippen molar-refractivity contribution in [2.24, 2.45) is 5.73 Å². The van der Waals surface area contributed by atoms with Crippen LogP contribution in [0, 0.1) is 0 Å². The van der Waals surface area contributed by atoms with E-state index in [1.807, 2.05) is 0 Å². The summed E-state index contributed by atoms with van der Waals surface area (Å²) in [5.41, 5.74) is 5.16. The predicted octanol–water partition coefficient (Wildman–Crippen LogP) is -0.212. The molecule has 0 aromatic heterocycles. The van der Waals surface area contributed by atoms with Gasteiger partial charge in [-0.1, -0.05) is 0 Å². The summed E-state index contributed by atoms with van der Waals surface area (Å²) in [6.07, 6.45) is 3.81. The second kappa shape index (κ2) is 4.69. The lowest BCUT2D eigenvalue weighted by atomic mass is 9.98. The van der Waals surface area contributed by atoms with Crippen LogP contribution < -0.4 is 11.1 Å². The number of nitrogens with one attached hydrogen (secondary N) is 1. The van der Waals surface area contributed by atoms with Gasteiger partial charge >= 0.3 is 0 Å². The third-order valence-electron chi connectivity index (χ3n) is 3.58. The molecular weight excluding hydrogens is 208 g/mol. The average Bonchev–Trinajstić information content (AvgIpc) is 2.87. The van der Waals surface area contributed by atoms with E-state index in [1.54, 1.807) is 7.11 Å². The van der Waals surface area contributed by atoms with Crippen LogP contribution in [-0.2, 0) is 14.3 Å². The van der Waals surface area contributed by atoms with Gasteiger partial charge < -0.3 is 20.5 Å². The standard InChI is InChI=1S/C11H20N2O3/c1-15-9-4-2-3-8(9)13-10(14)11(12)5-6-16-7-11/h8-9H,2-7,12H2,1H3,(H,13,14). The van der Waals surface area contributed by atoms with Crippen molar-refractivity contribution >= 4 is 5.91 Å². The van der Waals surface area contributed by atoms with Crippen LogP contribution in [0.25, 0.3) is 0 Å². The number of amides is 1. The molecule has 3 atom stereocenters. The largest absolute Gasteiger partial charge is 0.379 e. The molecule has 2 rings (SSSR count). The van der Waals surface area contributed by atoms with E-state index >= 15 is 0 Å². The van der Waals surface area contributed by atoms with Gasteiger partial charge in [0.15, 0.2) is 0 Å². The van der Waals surface area contributed by atoms with E-state index in [0.29, 0.717) is 19.6 Å². The first-order valence-electron chi connectivity index (χ1n) is 5.86. The van der Waals surface area contributed by atoms with E-state index < -0.39 is 5.54 Å². The molecule has 3 unspecified atom stereocenters. The van der Waals surface area contributed by atoms with Gasteiger partial charge in [-0.2, -0.15) is 0 Å². The van der Waals surface area contributed by atoms with Crippen LogP contribution in [0.1, 0.15) is 25.7 Å². The van der Waals surface area contributed by atoms with Crippen molar-refractivity contribution in [1.29, 1.82) is 0 Å². The van der Waals surface area contributed by atoms with Crippen molar-refractivity contribution < 1.29 is 14.3 Å². The minimum atomic E-state index is -0.832. The summed E-state index contributed by atoms with van der Waals surface area (Å²) in [6, 6.07) is 0.110. The molecule has 2 fully saturated rings. The van der Waals surface area contributed by atoms with Gasteiger partial charge in [-0.15, -0.1) is 0 Å². The van der Waals surface area contributed by atoms with E-state index in [2.05, 4.69) is 5.32 Å². The number of rotatable bonds is 3. The van der Waals surface area contributed by atoms with Gasteiger partial charge in [0, 0.05) is 13.7 Å². The summed E-state index contributed by atoms with van der Waals surface area (Å²) in [5.74, 6) is -0.0982. The van der Waals surface area contributed by atoms with Gasteiger partial charge in [0.05, 0.1) is 18.8 Å². The summed E-state index contributed by atoms with van der Waals surface area (Å²) in [4.78, 5) is 12.0. The zero-order valence-corrected chi connectivity index (χ0v) is 9.70. The molecule has 1 aliphatic carbocycles. The molecule has 1 saturated carbocycles. The summed E-state index contributed by atoms with van der Waals surface area (Å²) in [5, 5.41) is 2.99. The van der Waals surface area contributed by atoms with Crippen LogP contribution in [0.2, 0.25) is 0 Å². The molecule has 0 radical (unpaired) electrons. The van der Waals surface area contributed by atoms with Gasteiger partial charge in [-0.25, -0.2) is 0 Å². The van der Waals surface area contributed by atoms with E-state index in [0.717, 1.165) is 19.3 Å². The van der Waals surface area contributed by atoms with Crippen molar-refractivity contribution in [2.75, 3.05) is 20.3 Å². The minimum Gasteiger partial charge on any atom is -0.379 e. The normalized spacial score (nSPS) is 38.9. The average molecular weight is 228 g/mol. The Morgan fingerprint density at radius 3 is 3.00 bits per heavy atom. The first-order chi connectivity index (χ1) is 7.65. The highest BCUT2D eigenvalue weighted by Crippen LogP contribution is 2.23. The number of carbonyl (C=O) groups excluding carboxylic acids is 1. The van der Waals surface area contributed by atoms with Crippen LogP contribution in [0.3, 0.4) is 0 Å². The van der Waals surface area contributed by atoms with Gasteiger partial charge in [-0.3, -0.25) is 4.79 Å². The van der Waals surface area contributed by atoms with E-state index in [-0.39, 0.29) is 18.1 Å². The Bertz CT molecular complexity index is 264. The predicted molar refractivity (Wildman–Crippen MR) is 58.9 cm³/mol. The summed E-state index contributed by atoms with van der Waals surface area (Å²) in [7, 11) is 1.69. The van der Waals surface area contributed by atoms with Crippen molar-refractivity contribution in [3.8, 4) is 0 Å². The van der Waals surface area contributed by atoms with Crippen molar-refractivity contribution in [3.63, 3.8) is 0 Å². The highest BCUT2D eigenvalue weighted by atomic mass is 16.5. The molecule has 0 aromatic rings. The summed E-state index contributed by atoms with van der Waals surface area (Å²) < 4.78 is 10.5. The molecular formula is C11H20N2O3. The van der Waals surface area contributed by atoms with E-state index in [4.69, 9.17) is 15.2 Å². The Morgan fingerprint density at radius 2 is 2.38 bits per heavy atom. The number of hydrogen-bond donors (Lipinski definition) is 2. The smallest absolute Gasteiger partial charge is 0.242 e. The van der Waals surface area contributed by atoms with E-state index in [1.165, 1.54) is 0 Å². The molecule has 0 spiro atoms. The Balaban J connectivity index is 1.91. The third kappa shape index (κ3) is 2.21. The second-order valence-corrected chi connectivity index (χ2v) is 4.74. The van der Waals surface area contributed by atoms with Crippen molar-refractivity contribution in [2.45, 2.75) is 43.4 Å². The molecule has 0 bridgehead atoms. The minimum absolute atomic E-state index is 0.0982. The van der Waals surface area contributed by atoms with Gasteiger partial charge in [0.2, 0.25) is 5.91 Å². The van der Waals surface area contributed by atoms with Gasteiger partial charge in [-0.05, 0) is 25.7 Å². The maximum absolute atomic E-state index is 12.0. The van der Waals surface area contributed by atoms with E-state index in [9.17, 15) is 4.79 Å². The lowest BCUT2D eigenvalue weighted by molar-refractivity contribution is -0.127. The fraction of sp³-hybridized carbons (Fsp3) is 0.909. The highest BCUT2D eigenvalue weighted by molar-refractivity contribution is 5.86. The fourth-order valence-corrected chi connectivity index (χ4v) is 2.45. The zero-order valence-electron chi connectivity index (χ0n) is 9.70. The van der Waals surface area contributed by atoms with Crippen molar-refractivity contribution in [1.82, 2.24) is 5.32 Å². The number of ether oxygens (including phenoxy) is 2. The Hall–Kier alpha value is -0.650. The molecule has 1 aliphatic heterocycles. The third-order valence-corrected chi connectivity index (χ3v) is 3.58. The fourth-order valence-electron chi connectivity index (χ4n) is 2.45. The zero-order chi connectivity index (χ0) is 11.6. The van der Waals surface area contributed by atoms with Crippen LogP contribution in [0.15, 0.2) is 0 Å². The molecule has 5 nitrogen and oxygen atoms in total. The van der Waals surface area contributed by atoms with Crippen LogP contribution in [0.5, 0.6) is 0 Å². The Labute approximate surface area is 95.7 Å². The highest BCUT2D eigenvalue weighted by Gasteiger charge is 2.40. The van der Waals surface area contributed by atoms with Crippen LogP contribution in [0.4, 0.5) is 0 Å². The molecule has 2 aliphatic rings. The number of nitrogens with two attached hydrogens (primary N) is 1. The Morgan fingerprint density at radius 1 is 1.56 bits per heavy atom. The molecule has 5 heteroatoms. The number of hydrogen-bond acceptors (Lipinski definition) is 4. The molecule has 0 aromatic carbocycles. The maximum Gasteiger partial charge on any atom is 0.242 e. The molecule has 92 valence electrons. The van der Waals surface area contributed by atoms with Crippen LogP contribution in [-0.4, -0.2) is 43.9 Å². The van der Waals surface area contributed by atoms with Gasteiger partial charge in [0.1, 0.15) is 5.54 Å². The Kier molecular flexibility index (Phi) is 3.47. The van der Waals surface area contributed by atoms with Gasteiger partial charge in [0.25, 0.3) is 0 Å². The number of carbonyl (C=O) groups is 1. The summed E-state index contributed by atoms with van der Waals surface area (Å²) in [6.45, 7) is 0.894. The lowest BCUT2D eigenvalue weighted by Gasteiger charge is -2.26. The van der Waals surface area contributed by atoms with Crippen molar-refractivity contribution in [3.05, 3.63) is 0 Å². The summed E-state index contributed by atoms with van der Waals surface area (Å²) >= 11 is 0. The maximum atomic E-state index is 12.0. The molecule has 1 heterocycles. The van der Waals surface area contributed by atoms with Crippen LogP contribution >= 0.6 is 0 Å². The molecule has 3 N–H and O–H groups in total. The quantitative estimate of drug-likeness (QED) is 0.701. The topological polar surface area (TPSA) is 73.6 Å². The molecule has 1 saturated heterocycles. The molecule has 1 amide bonds. The first-order valence-corrected chi connectivity index (χ1v) is 5.86.